The third-order valence-corrected chi connectivity index (χ3v) is 3.90. The van der Waals surface area contributed by atoms with Gasteiger partial charge in [-0.25, -0.2) is 4.99 Å². The van der Waals surface area contributed by atoms with Crippen LogP contribution in [-0.4, -0.2) is 25.6 Å². The molecule has 1 heterocycles. The van der Waals surface area contributed by atoms with Crippen LogP contribution >= 0.6 is 11.8 Å². The topological polar surface area (TPSA) is 58.9 Å². The van der Waals surface area contributed by atoms with Crippen LogP contribution in [0, 0.1) is 0 Å². The molecule has 2 rings (SSSR count). The number of sulfonamides is 1. The van der Waals surface area contributed by atoms with Crippen LogP contribution in [0.25, 0.3) is 0 Å². The van der Waals surface area contributed by atoms with Crippen LogP contribution in [0.4, 0.5) is 0 Å². The van der Waals surface area contributed by atoms with Gasteiger partial charge in [-0.15, -0.1) is 4.40 Å². The molecule has 0 atom stereocenters. The fraction of sp³-hybridized carbons (Fsp3) is 0.111. The van der Waals surface area contributed by atoms with Gasteiger partial charge in [0.1, 0.15) is 0 Å². The Morgan fingerprint density at radius 2 is 2.00 bits per heavy atom. The zero-order valence-corrected chi connectivity index (χ0v) is 9.33. The molecule has 1 aliphatic rings. The molecule has 0 amide bonds. The first-order chi connectivity index (χ1) is 7.18. The largest absolute Gasteiger partial charge is 0.284 e. The summed E-state index contributed by atoms with van der Waals surface area (Å²) >= 11 is 1.31. The number of benzene rings is 1. The molecular formula is C9H8N2O2S2. The van der Waals surface area contributed by atoms with E-state index in [9.17, 15) is 8.42 Å². The highest BCUT2D eigenvalue weighted by atomic mass is 32.2. The SMILES string of the molecule is O=S(=O)(N=C1N=CCS1)c1ccccc1. The van der Waals surface area contributed by atoms with E-state index in [1.165, 1.54) is 23.9 Å². The maximum Gasteiger partial charge on any atom is 0.284 e. The summed E-state index contributed by atoms with van der Waals surface area (Å²) in [5.74, 6) is 0.684. The fourth-order valence-electron chi connectivity index (χ4n) is 1.06. The van der Waals surface area contributed by atoms with Gasteiger partial charge in [0.25, 0.3) is 10.0 Å². The molecule has 0 radical (unpaired) electrons. The second-order valence-corrected chi connectivity index (χ2v) is 5.38. The average molecular weight is 240 g/mol. The van der Waals surface area contributed by atoms with E-state index < -0.39 is 10.0 Å². The summed E-state index contributed by atoms with van der Waals surface area (Å²) in [6.45, 7) is 0. The highest BCUT2D eigenvalue weighted by Gasteiger charge is 2.14. The zero-order chi connectivity index (χ0) is 10.7. The molecule has 0 saturated carbocycles. The summed E-state index contributed by atoms with van der Waals surface area (Å²) in [7, 11) is -3.59. The Morgan fingerprint density at radius 3 is 2.60 bits per heavy atom. The molecule has 1 aromatic carbocycles. The smallest absolute Gasteiger partial charge is 0.234 e. The van der Waals surface area contributed by atoms with Crippen molar-refractivity contribution in [3.8, 4) is 0 Å². The maximum atomic E-state index is 11.7. The van der Waals surface area contributed by atoms with Crippen LogP contribution in [-0.2, 0) is 10.0 Å². The van der Waals surface area contributed by atoms with E-state index in [1.54, 1.807) is 24.4 Å². The van der Waals surface area contributed by atoms with Gasteiger partial charge in [-0.1, -0.05) is 30.0 Å². The Labute approximate surface area is 92.2 Å². The average Bonchev–Trinajstić information content (AvgIpc) is 2.71. The Morgan fingerprint density at radius 1 is 1.27 bits per heavy atom. The quantitative estimate of drug-likeness (QED) is 0.788. The van der Waals surface area contributed by atoms with Gasteiger partial charge in [0.15, 0.2) is 5.17 Å². The van der Waals surface area contributed by atoms with E-state index in [2.05, 4.69) is 9.39 Å². The van der Waals surface area contributed by atoms with Crippen molar-refractivity contribution in [3.63, 3.8) is 0 Å². The number of thioether (sulfide) groups is 1. The molecule has 0 aliphatic carbocycles. The first-order valence-corrected chi connectivity index (χ1v) is 6.66. The molecule has 1 aliphatic heterocycles. The maximum absolute atomic E-state index is 11.7. The molecule has 0 bridgehead atoms. The van der Waals surface area contributed by atoms with Gasteiger partial charge < -0.3 is 0 Å². The minimum absolute atomic E-state index is 0.195. The lowest BCUT2D eigenvalue weighted by atomic mass is 10.4. The van der Waals surface area contributed by atoms with Crippen molar-refractivity contribution in [2.24, 2.45) is 9.39 Å². The zero-order valence-electron chi connectivity index (χ0n) is 7.70. The number of aliphatic imine (C=N–C) groups is 1. The van der Waals surface area contributed by atoms with Gasteiger partial charge in [-0.3, -0.25) is 0 Å². The standard InChI is InChI=1S/C9H8N2O2S2/c12-15(13,8-4-2-1-3-5-8)11-9-10-6-7-14-9/h1-6H,7H2. The van der Waals surface area contributed by atoms with Crippen molar-refractivity contribution in [1.29, 1.82) is 0 Å². The van der Waals surface area contributed by atoms with E-state index >= 15 is 0 Å². The number of hydrogen-bond donors (Lipinski definition) is 0. The van der Waals surface area contributed by atoms with E-state index in [-0.39, 0.29) is 4.90 Å². The molecule has 0 aromatic heterocycles. The molecule has 0 saturated heterocycles. The Bertz CT molecular complexity index is 506. The molecule has 0 N–H and O–H groups in total. The molecule has 15 heavy (non-hydrogen) atoms. The summed E-state index contributed by atoms with van der Waals surface area (Å²) in [5.41, 5.74) is 0. The molecule has 6 heteroatoms. The normalized spacial score (nSPS) is 18.5. The Kier molecular flexibility index (Phi) is 2.88. The van der Waals surface area contributed by atoms with Crippen molar-refractivity contribution < 1.29 is 8.42 Å². The minimum atomic E-state index is -3.59. The molecule has 0 fully saturated rings. The lowest BCUT2D eigenvalue weighted by molar-refractivity contribution is 0.598. The Hall–Kier alpha value is -1.14. The molecule has 78 valence electrons. The summed E-state index contributed by atoms with van der Waals surface area (Å²) < 4.78 is 27.1. The highest BCUT2D eigenvalue weighted by Crippen LogP contribution is 2.17. The molecule has 4 nitrogen and oxygen atoms in total. The third kappa shape index (κ3) is 2.45. The molecule has 0 unspecified atom stereocenters. The van der Waals surface area contributed by atoms with Gasteiger partial charge in [0.05, 0.1) is 4.90 Å². The molecule has 1 aromatic rings. The van der Waals surface area contributed by atoms with Crippen LogP contribution in [0.15, 0.2) is 44.6 Å². The van der Waals surface area contributed by atoms with Crippen LogP contribution in [0.2, 0.25) is 0 Å². The second-order valence-electron chi connectivity index (χ2n) is 2.78. The van der Waals surface area contributed by atoms with Gasteiger partial charge in [0, 0.05) is 12.0 Å². The number of nitrogens with zero attached hydrogens (tertiary/aromatic N) is 2. The second kappa shape index (κ2) is 4.16. The first kappa shape index (κ1) is 10.4. The van der Waals surface area contributed by atoms with Crippen molar-refractivity contribution in [1.82, 2.24) is 0 Å². The van der Waals surface area contributed by atoms with E-state index in [1.807, 2.05) is 0 Å². The van der Waals surface area contributed by atoms with Gasteiger partial charge in [0.2, 0.25) is 0 Å². The predicted octanol–water partition coefficient (Wildman–Crippen LogP) is 1.55. The summed E-state index contributed by atoms with van der Waals surface area (Å²) in [4.78, 5) is 4.05. The van der Waals surface area contributed by atoms with Crippen LogP contribution in [0.5, 0.6) is 0 Å². The lowest BCUT2D eigenvalue weighted by Gasteiger charge is -1.97. The van der Waals surface area contributed by atoms with Crippen LogP contribution in [0.1, 0.15) is 0 Å². The van der Waals surface area contributed by atoms with Crippen molar-refractivity contribution >= 4 is 33.2 Å². The summed E-state index contributed by atoms with van der Waals surface area (Å²) in [6.07, 6.45) is 1.64. The van der Waals surface area contributed by atoms with Crippen LogP contribution < -0.4 is 0 Å². The van der Waals surface area contributed by atoms with Crippen LogP contribution in [0.3, 0.4) is 0 Å². The van der Waals surface area contributed by atoms with E-state index in [0.29, 0.717) is 10.9 Å². The monoisotopic (exact) mass is 240 g/mol. The first-order valence-electron chi connectivity index (χ1n) is 4.24. The van der Waals surface area contributed by atoms with Crippen molar-refractivity contribution in [2.45, 2.75) is 4.90 Å². The summed E-state index contributed by atoms with van der Waals surface area (Å²) in [6, 6.07) is 8.12. The van der Waals surface area contributed by atoms with E-state index in [4.69, 9.17) is 0 Å². The van der Waals surface area contributed by atoms with Gasteiger partial charge in [-0.05, 0) is 12.1 Å². The minimum Gasteiger partial charge on any atom is -0.234 e. The summed E-state index contributed by atoms with van der Waals surface area (Å²) in [5, 5.41) is 0.304. The Balaban J connectivity index is 2.36. The third-order valence-electron chi connectivity index (χ3n) is 1.73. The number of amidine groups is 1. The molecular weight excluding hydrogens is 232 g/mol. The predicted molar refractivity (Wildman–Crippen MR) is 62.0 cm³/mol. The highest BCUT2D eigenvalue weighted by molar-refractivity contribution is 8.15. The number of rotatable bonds is 2. The fourth-order valence-corrected chi connectivity index (χ4v) is 2.87. The lowest BCUT2D eigenvalue weighted by Crippen LogP contribution is -1.98. The molecule has 0 spiro atoms. The van der Waals surface area contributed by atoms with Crippen molar-refractivity contribution in [2.75, 3.05) is 5.75 Å². The van der Waals surface area contributed by atoms with Crippen molar-refractivity contribution in [3.05, 3.63) is 30.3 Å². The van der Waals surface area contributed by atoms with Gasteiger partial charge >= 0.3 is 0 Å². The van der Waals surface area contributed by atoms with E-state index in [0.717, 1.165) is 0 Å². The number of hydrogen-bond acceptors (Lipinski definition) is 3. The van der Waals surface area contributed by atoms with Gasteiger partial charge in [-0.2, -0.15) is 8.42 Å².